The van der Waals surface area contributed by atoms with E-state index in [-0.39, 0.29) is 86.3 Å². The Morgan fingerprint density at radius 1 is 0.447 bits per heavy atom. The van der Waals surface area contributed by atoms with E-state index in [0.717, 1.165) is 155 Å². The van der Waals surface area contributed by atoms with Crippen molar-refractivity contribution < 1.29 is 59.0 Å². The van der Waals surface area contributed by atoms with Gasteiger partial charge in [0.25, 0.3) is 0 Å². The number of allylic oxidation sites excluding steroid dienone is 1. The predicted molar refractivity (Wildman–Crippen MR) is 577 cm³/mol. The number of nitrogens with zero attached hydrogens (tertiary/aromatic N) is 15. The van der Waals surface area contributed by atoms with Crippen LogP contribution in [0.1, 0.15) is 239 Å². The largest absolute Gasteiger partial charge is 0.497 e. The second-order valence-electron chi connectivity index (χ2n) is 39.4. The van der Waals surface area contributed by atoms with Crippen LogP contribution in [0.4, 0.5) is 93.3 Å². The van der Waals surface area contributed by atoms with Gasteiger partial charge in [0.1, 0.15) is 86.7 Å². The van der Waals surface area contributed by atoms with Crippen LogP contribution in [0.25, 0.3) is 11.6 Å². The summed E-state index contributed by atoms with van der Waals surface area (Å²) in [5, 5.41) is 10.6. The molecule has 15 heterocycles. The number of carbonyl (C=O) groups excluding carboxylic acids is 4. The molecule has 2 unspecified atom stereocenters. The third kappa shape index (κ3) is 29.9. The highest BCUT2D eigenvalue weighted by atomic mass is 19.4. The lowest BCUT2D eigenvalue weighted by atomic mass is 9.89. The fraction of sp³-hybridized carbons (Fsp3) is 0.386. The first-order valence-corrected chi connectivity index (χ1v) is 51.0. The molecule has 5 atom stereocenters. The number of halogens is 8. The fourth-order valence-electron chi connectivity index (χ4n) is 19.6. The van der Waals surface area contributed by atoms with Crippen molar-refractivity contribution >= 4 is 93.0 Å². The Morgan fingerprint density at radius 3 is 1.33 bits per heavy atom. The van der Waals surface area contributed by atoms with Gasteiger partial charge in [-0.3, -0.25) is 19.2 Å². The molecule has 0 aliphatic carbocycles. The van der Waals surface area contributed by atoms with Crippen LogP contribution < -0.4 is 73.9 Å². The number of piperidine rings is 2. The van der Waals surface area contributed by atoms with Crippen LogP contribution in [0.3, 0.4) is 0 Å². The van der Waals surface area contributed by atoms with Crippen molar-refractivity contribution in [2.45, 2.75) is 169 Å². The topological polar surface area (TPSA) is 389 Å². The molecule has 0 saturated carbocycles. The molecule has 0 radical (unpaired) electrons. The Labute approximate surface area is 871 Å². The molecule has 10 aromatic heterocycles. The molecule has 0 amide bonds. The number of nitrogen functional groups attached to an aromatic ring is 5. The minimum absolute atomic E-state index is 0.0291. The minimum atomic E-state index is -4.72. The molecular weight excluding hydrogens is 1920 g/mol. The van der Waals surface area contributed by atoms with Crippen LogP contribution >= 0.6 is 0 Å². The molecule has 13 N–H and O–H groups in total. The van der Waals surface area contributed by atoms with E-state index in [1.165, 1.54) is 54.8 Å². The number of anilines is 10. The lowest BCUT2D eigenvalue weighted by molar-refractivity contribution is -0.138. The number of hydrogen-bond donors (Lipinski definition) is 8. The number of rotatable bonds is 29. The van der Waals surface area contributed by atoms with Crippen molar-refractivity contribution in [1.82, 2.24) is 65.8 Å². The molecule has 150 heavy (non-hydrogen) atoms. The number of nitrogens with two attached hydrogens (primary N) is 5. The van der Waals surface area contributed by atoms with Crippen molar-refractivity contribution in [2.75, 3.05) is 145 Å². The van der Waals surface area contributed by atoms with Gasteiger partial charge in [-0.15, -0.1) is 0 Å². The van der Waals surface area contributed by atoms with Gasteiger partial charge in [0.2, 0.25) is 29.6 Å². The molecule has 5 aliphatic rings. The maximum atomic E-state index is 13.8. The molecule has 2 aromatic carbocycles. The lowest BCUT2D eigenvalue weighted by Gasteiger charge is -2.35. The third-order valence-electron chi connectivity index (χ3n) is 26.7. The maximum Gasteiger partial charge on any atom is 0.418 e. The van der Waals surface area contributed by atoms with Gasteiger partial charge in [-0.2, -0.15) is 26.3 Å². The van der Waals surface area contributed by atoms with E-state index in [2.05, 4.69) is 138 Å². The highest BCUT2D eigenvalue weighted by Crippen LogP contribution is 2.42. The smallest absolute Gasteiger partial charge is 0.418 e. The van der Waals surface area contributed by atoms with E-state index in [4.69, 9.17) is 43.4 Å². The average Bonchev–Trinajstić information content (AvgIpc) is 0.779. The number of pyridine rings is 10. The number of aryl methyl sites for hydroxylation is 2. The number of methoxy groups -OCH3 is 1. The first kappa shape index (κ1) is 112. The van der Waals surface area contributed by atoms with E-state index in [9.17, 15) is 54.3 Å². The first-order chi connectivity index (χ1) is 71.8. The molecule has 17 rings (SSSR count). The van der Waals surface area contributed by atoms with Crippen LogP contribution in [0.5, 0.6) is 5.75 Å². The number of carbonyl (C=O) groups is 4. The van der Waals surface area contributed by atoms with Crippen molar-refractivity contribution in [1.29, 1.82) is 0 Å². The van der Waals surface area contributed by atoms with Crippen LogP contribution in [0, 0.1) is 30.6 Å². The Bertz CT molecular complexity index is 6670. The summed E-state index contributed by atoms with van der Waals surface area (Å²) in [6.07, 6.45) is 8.15. The van der Waals surface area contributed by atoms with Gasteiger partial charge in [0.05, 0.1) is 52.2 Å². The number of hydrogen-bond acceptors (Lipinski definition) is 28. The van der Waals surface area contributed by atoms with Crippen LogP contribution in [0.15, 0.2) is 213 Å². The van der Waals surface area contributed by atoms with E-state index < -0.39 is 53.6 Å². The number of ketones is 4. The molecule has 0 spiro atoms. The summed E-state index contributed by atoms with van der Waals surface area (Å²) in [6, 6.07) is 48.9. The van der Waals surface area contributed by atoms with Crippen LogP contribution in [-0.4, -0.2) is 184 Å². The molecule has 792 valence electrons. The second kappa shape index (κ2) is 52.4. The lowest BCUT2D eigenvalue weighted by Crippen LogP contribution is -2.51. The molecule has 36 heteroatoms. The Morgan fingerprint density at radius 2 is 0.853 bits per heavy atom. The van der Waals surface area contributed by atoms with Gasteiger partial charge < -0.3 is 73.9 Å². The molecule has 0 bridgehead atoms. The SMILES string of the molecule is C/C=C\c1ccc(N2CCN[C@@H](CC(C)C)C2)nc1C(=O)c1cccnc1N.C=C(c1cccnc1N)c1nc(N2CCNC(c3cccc(OC)c3)C2)ccc1C(F)(F)F.CC(C)C[C@@H]1CCCN(c2ccc(CC(F)F)c(C(=O)c3cccnc3N)n2)C1.CCCc1ccc(N2CCN[C@@H](CC(C)C)C2)nc1C(=O)c1cccnc1N.Cc1cccc(C2CCCN(c3ccc(C(F)(F)F)c(C(=O)c4cccnc4N)n3)C2)c1. The summed E-state index contributed by atoms with van der Waals surface area (Å²) < 4.78 is 114. The standard InChI is InChI=1S/C24H24F3N5O.C24H23F3N4O.C22H28F2N4O.C22H31N5O.C22H29N5O/c1-15(18-7-4-10-30-23(18)28)22-19(24(25,26)27)8-9-21(31-22)32-12-11-29-20(14-32)16-5-3-6-17(13-16)33-2;1-15-5-2-6-16(13-15)17-7-4-12-31(14-17)20-10-9-19(24(25,26)27)21(30-20)22(32)18-8-3-11-29-23(18)28;1-14(2)11-15-5-4-10-28(13-15)19-8-7-16(12-18(23)24)20(27-19)21(29)17-6-3-9-26-22(17)25;2*1-4-6-16-8-9-19(27-12-11-24-17(14-27)13-15(2)3)26-20(16)21(28)18-7-5-10-25-22(18)23/h3-10,13,20,29H,1,11-12,14H2,2H3,(H2,28,30);2-3,5-6,8-11,13,17H,4,7,12,14H2,1H3,(H2,28,29);3,6-9,14-15,18H,4-5,10-13H2,1-2H3,(H2,25,26);5,7-10,15,17,24H,4,6,11-14H2,1-3H3,(H2,23,25);4-10,15,17,24H,11-14H2,1-3H3,(H2,23,25)/b;;;;6-4-/t;;15-;2*17-/m..000/s1. The van der Waals surface area contributed by atoms with Gasteiger partial charge in [-0.1, -0.05) is 128 Å². The van der Waals surface area contributed by atoms with E-state index in [1.54, 1.807) is 80.2 Å². The second-order valence-corrected chi connectivity index (χ2v) is 39.4. The van der Waals surface area contributed by atoms with E-state index in [1.807, 2.05) is 96.5 Å². The molecule has 12 aromatic rings. The highest BCUT2D eigenvalue weighted by molar-refractivity contribution is 6.14. The molecule has 5 fully saturated rings. The summed E-state index contributed by atoms with van der Waals surface area (Å²) in [5.74, 6) is 5.39. The van der Waals surface area contributed by atoms with Gasteiger partial charge in [0.15, 0.2) is 0 Å². The molecule has 28 nitrogen and oxygen atoms in total. The maximum absolute atomic E-state index is 13.8. The highest BCUT2D eigenvalue weighted by Gasteiger charge is 2.41. The first-order valence-electron chi connectivity index (χ1n) is 51.0. The van der Waals surface area contributed by atoms with Gasteiger partial charge >= 0.3 is 12.4 Å². The zero-order valence-electron chi connectivity index (χ0n) is 86.5. The van der Waals surface area contributed by atoms with Crippen LogP contribution in [0.2, 0.25) is 0 Å². The zero-order valence-corrected chi connectivity index (χ0v) is 86.5. The number of nitrogens with one attached hydrogen (secondary N) is 3. The Kier molecular flexibility index (Phi) is 39.3. The fourth-order valence-corrected chi connectivity index (χ4v) is 19.6. The molecule has 5 saturated heterocycles. The summed E-state index contributed by atoms with van der Waals surface area (Å²) in [5.41, 5.74) is 34.1. The van der Waals surface area contributed by atoms with Gasteiger partial charge in [-0.05, 0) is 232 Å². The summed E-state index contributed by atoms with van der Waals surface area (Å²) in [6.45, 7) is 33.5. The quantitative estimate of drug-likeness (QED) is 0.0159. The van der Waals surface area contributed by atoms with Gasteiger partial charge in [-0.25, -0.2) is 58.6 Å². The number of piperazine rings is 3. The number of benzene rings is 2. The molecule has 5 aliphatic heterocycles. The number of ether oxygens (including phenoxy) is 1. The Balaban J connectivity index is 0.000000156. The minimum Gasteiger partial charge on any atom is -0.497 e. The van der Waals surface area contributed by atoms with E-state index in [0.29, 0.717) is 114 Å². The summed E-state index contributed by atoms with van der Waals surface area (Å²) >= 11 is 0. The van der Waals surface area contributed by atoms with Crippen molar-refractivity contribution in [2.24, 2.45) is 23.7 Å². The summed E-state index contributed by atoms with van der Waals surface area (Å²) in [4.78, 5) is 106. The van der Waals surface area contributed by atoms with Crippen molar-refractivity contribution in [3.8, 4) is 5.75 Å². The van der Waals surface area contributed by atoms with Gasteiger partial charge in [0, 0.05) is 157 Å². The number of aromatic nitrogens is 10. The van der Waals surface area contributed by atoms with Crippen LogP contribution in [-0.2, 0) is 25.2 Å². The molecular formula is C114H135F8N23O5. The Hall–Kier alpha value is -14.8. The number of alkyl halides is 8. The zero-order chi connectivity index (χ0) is 108. The average molecular weight is 2060 g/mol. The van der Waals surface area contributed by atoms with E-state index >= 15 is 0 Å². The van der Waals surface area contributed by atoms with Crippen molar-refractivity contribution in [3.63, 3.8) is 0 Å². The summed E-state index contributed by atoms with van der Waals surface area (Å²) in [7, 11) is 1.61. The third-order valence-corrected chi connectivity index (χ3v) is 26.7. The normalized spacial score (nSPS) is 17.0. The predicted octanol–water partition coefficient (Wildman–Crippen LogP) is 19.9. The van der Waals surface area contributed by atoms with Crippen molar-refractivity contribution in [3.05, 3.63) is 314 Å². The monoisotopic (exact) mass is 2060 g/mol.